The number of aromatic nitrogens is 4. The highest BCUT2D eigenvalue weighted by atomic mass is 16.3. The summed E-state index contributed by atoms with van der Waals surface area (Å²) in [6.45, 7) is 0. The Labute approximate surface area is 325 Å². The molecule has 0 saturated heterocycles. The van der Waals surface area contributed by atoms with Crippen LogP contribution in [-0.4, -0.2) is 19.1 Å². The molecule has 9 aromatic carbocycles. The van der Waals surface area contributed by atoms with Gasteiger partial charge in [0.25, 0.3) is 0 Å². The van der Waals surface area contributed by atoms with Crippen LogP contribution >= 0.6 is 0 Å². The second kappa shape index (κ2) is 11.4. The van der Waals surface area contributed by atoms with Crippen LogP contribution < -0.4 is 0 Å². The Morgan fingerprint density at radius 2 is 0.982 bits per heavy atom. The summed E-state index contributed by atoms with van der Waals surface area (Å²) in [5.41, 5.74) is 9.90. The van der Waals surface area contributed by atoms with E-state index in [1.807, 2.05) is 6.07 Å². The average Bonchev–Trinajstić information content (AvgIpc) is 3.94. The summed E-state index contributed by atoms with van der Waals surface area (Å²) in [4.78, 5) is 10.8. The van der Waals surface area contributed by atoms with Crippen molar-refractivity contribution in [2.24, 2.45) is 0 Å². The molecular formula is C52H30N4O. The van der Waals surface area contributed by atoms with E-state index in [0.29, 0.717) is 5.95 Å². The molecule has 0 unspecified atom stereocenters. The van der Waals surface area contributed by atoms with Crippen LogP contribution in [0.25, 0.3) is 121 Å². The molecule has 4 heterocycles. The molecule has 0 N–H and O–H groups in total. The molecule has 5 heteroatoms. The Hall–Kier alpha value is -7.76. The molecule has 0 aliphatic carbocycles. The van der Waals surface area contributed by atoms with Gasteiger partial charge in [0.15, 0.2) is 0 Å². The molecule has 57 heavy (non-hydrogen) atoms. The van der Waals surface area contributed by atoms with Gasteiger partial charge in [0.2, 0.25) is 5.95 Å². The minimum absolute atomic E-state index is 0.613. The van der Waals surface area contributed by atoms with E-state index in [0.717, 1.165) is 66.2 Å². The lowest BCUT2D eigenvalue weighted by Gasteiger charge is -2.12. The maximum atomic E-state index is 6.75. The van der Waals surface area contributed by atoms with Crippen molar-refractivity contribution >= 4 is 98.0 Å². The number of rotatable bonds is 3. The molecule has 0 bridgehead atoms. The minimum Gasteiger partial charge on any atom is -0.455 e. The molecule has 5 nitrogen and oxygen atoms in total. The molecule has 0 fully saturated rings. The van der Waals surface area contributed by atoms with E-state index in [-0.39, 0.29) is 0 Å². The monoisotopic (exact) mass is 726 g/mol. The molecule has 4 aromatic heterocycles. The largest absolute Gasteiger partial charge is 0.455 e. The van der Waals surface area contributed by atoms with Gasteiger partial charge in [-0.15, -0.1) is 0 Å². The van der Waals surface area contributed by atoms with Gasteiger partial charge < -0.3 is 8.98 Å². The van der Waals surface area contributed by atoms with E-state index in [9.17, 15) is 0 Å². The number of furan rings is 1. The van der Waals surface area contributed by atoms with Crippen molar-refractivity contribution in [2.45, 2.75) is 0 Å². The van der Waals surface area contributed by atoms with Crippen LogP contribution in [0.3, 0.4) is 0 Å². The molecule has 0 atom stereocenters. The number of nitrogens with zero attached hydrogens (tertiary/aromatic N) is 4. The second-order valence-corrected chi connectivity index (χ2v) is 14.9. The summed E-state index contributed by atoms with van der Waals surface area (Å²) in [6.07, 6.45) is 0. The summed E-state index contributed by atoms with van der Waals surface area (Å²) >= 11 is 0. The zero-order valence-corrected chi connectivity index (χ0v) is 30.5. The first-order valence-electron chi connectivity index (χ1n) is 19.3. The quantitative estimate of drug-likeness (QED) is 0.182. The van der Waals surface area contributed by atoms with Gasteiger partial charge >= 0.3 is 0 Å². The van der Waals surface area contributed by atoms with Crippen molar-refractivity contribution in [2.75, 3.05) is 0 Å². The van der Waals surface area contributed by atoms with Crippen LogP contribution in [0.15, 0.2) is 186 Å². The third-order valence-electron chi connectivity index (χ3n) is 11.9. The summed E-state index contributed by atoms with van der Waals surface area (Å²) in [5, 5.41) is 12.7. The van der Waals surface area contributed by atoms with Crippen molar-refractivity contribution in [3.8, 4) is 22.9 Å². The number of benzene rings is 9. The predicted octanol–water partition coefficient (Wildman–Crippen LogP) is 13.7. The number of fused-ring (bicyclic) bond motifs is 14. The zero-order chi connectivity index (χ0) is 37.2. The summed E-state index contributed by atoms with van der Waals surface area (Å²) in [6, 6.07) is 64.7. The standard InChI is InChI=1S/C52H30N4O/c1-3-14-34-31(12-1)24-27-46-48(34)41-30-33(55-43-22-9-6-16-36(43)37-17-7-10-23-44(37)55)26-28-45(41)56(46)52-53-42-21-8-5-18-38(42)50(54-52)40-20-11-19-39-49-35-15-4-2-13-32(35)25-29-47(49)57-51(39)40/h1-30H. The second-order valence-electron chi connectivity index (χ2n) is 14.9. The van der Waals surface area contributed by atoms with Crippen LogP contribution in [0.1, 0.15) is 0 Å². The fourth-order valence-electron chi connectivity index (χ4n) is 9.46. The number of hydrogen-bond donors (Lipinski definition) is 0. The fourth-order valence-corrected chi connectivity index (χ4v) is 9.46. The van der Waals surface area contributed by atoms with Crippen molar-refractivity contribution in [1.82, 2.24) is 19.1 Å². The van der Waals surface area contributed by atoms with E-state index >= 15 is 0 Å². The summed E-state index contributed by atoms with van der Waals surface area (Å²) in [5.74, 6) is 0.613. The van der Waals surface area contributed by atoms with E-state index in [2.05, 4.69) is 185 Å². The topological polar surface area (TPSA) is 48.8 Å². The maximum Gasteiger partial charge on any atom is 0.235 e. The van der Waals surface area contributed by atoms with Gasteiger partial charge in [0.05, 0.1) is 33.3 Å². The first-order valence-corrected chi connectivity index (χ1v) is 19.3. The first kappa shape index (κ1) is 30.6. The van der Waals surface area contributed by atoms with Crippen LogP contribution in [0.5, 0.6) is 0 Å². The van der Waals surface area contributed by atoms with Crippen molar-refractivity contribution < 1.29 is 4.42 Å². The molecule has 0 spiro atoms. The van der Waals surface area contributed by atoms with Crippen LogP contribution in [-0.2, 0) is 0 Å². The van der Waals surface area contributed by atoms with Gasteiger partial charge in [-0.25, -0.2) is 9.97 Å². The molecular weight excluding hydrogens is 697 g/mol. The maximum absolute atomic E-state index is 6.75. The molecule has 0 amide bonds. The van der Waals surface area contributed by atoms with Gasteiger partial charge in [0.1, 0.15) is 11.2 Å². The smallest absolute Gasteiger partial charge is 0.235 e. The van der Waals surface area contributed by atoms with Gasteiger partial charge in [0, 0.05) is 49.0 Å². The normalized spacial score (nSPS) is 12.2. The minimum atomic E-state index is 0.613. The van der Waals surface area contributed by atoms with E-state index in [4.69, 9.17) is 14.4 Å². The molecule has 0 aliphatic heterocycles. The lowest BCUT2D eigenvalue weighted by atomic mass is 10.0. The number of hydrogen-bond acceptors (Lipinski definition) is 3. The van der Waals surface area contributed by atoms with Crippen LogP contribution in [0.4, 0.5) is 0 Å². The lowest BCUT2D eigenvalue weighted by molar-refractivity contribution is 0.670. The SMILES string of the molecule is c1ccc2c(c1)ccc1oc3c(-c4nc(-n5c6ccc(-n7c8ccccc8c8ccccc87)cc6c6c7ccccc7ccc65)nc5ccccc45)cccc3c12. The highest BCUT2D eigenvalue weighted by Crippen LogP contribution is 2.43. The molecule has 0 saturated carbocycles. The highest BCUT2D eigenvalue weighted by molar-refractivity contribution is 6.23. The average molecular weight is 727 g/mol. The van der Waals surface area contributed by atoms with E-state index in [1.165, 1.54) is 48.7 Å². The molecule has 13 rings (SSSR count). The predicted molar refractivity (Wildman–Crippen MR) is 236 cm³/mol. The molecule has 264 valence electrons. The first-order chi connectivity index (χ1) is 28.3. The van der Waals surface area contributed by atoms with Crippen molar-refractivity contribution in [1.29, 1.82) is 0 Å². The van der Waals surface area contributed by atoms with Crippen molar-refractivity contribution in [3.05, 3.63) is 182 Å². The molecule has 0 radical (unpaired) electrons. The van der Waals surface area contributed by atoms with Gasteiger partial charge in [-0.3, -0.25) is 4.57 Å². The summed E-state index contributed by atoms with van der Waals surface area (Å²) < 4.78 is 11.4. The number of para-hydroxylation sites is 4. The lowest BCUT2D eigenvalue weighted by Crippen LogP contribution is -2.03. The Morgan fingerprint density at radius 3 is 1.75 bits per heavy atom. The molecule has 13 aromatic rings. The van der Waals surface area contributed by atoms with Gasteiger partial charge in [-0.2, -0.15) is 0 Å². The molecule has 0 aliphatic rings. The Balaban J connectivity index is 1.12. The van der Waals surface area contributed by atoms with Crippen molar-refractivity contribution in [3.63, 3.8) is 0 Å². The van der Waals surface area contributed by atoms with Crippen LogP contribution in [0, 0.1) is 0 Å². The Morgan fingerprint density at radius 1 is 0.386 bits per heavy atom. The van der Waals surface area contributed by atoms with Crippen LogP contribution in [0.2, 0.25) is 0 Å². The third kappa shape index (κ3) is 4.23. The third-order valence-corrected chi connectivity index (χ3v) is 11.9. The van der Waals surface area contributed by atoms with Gasteiger partial charge in [-0.05, 0) is 76.1 Å². The Kier molecular flexibility index (Phi) is 6.10. The zero-order valence-electron chi connectivity index (χ0n) is 30.5. The summed E-state index contributed by atoms with van der Waals surface area (Å²) in [7, 11) is 0. The van der Waals surface area contributed by atoms with E-state index in [1.54, 1.807) is 0 Å². The van der Waals surface area contributed by atoms with Gasteiger partial charge in [-0.1, -0.05) is 127 Å². The van der Waals surface area contributed by atoms with E-state index < -0.39 is 0 Å². The Bertz CT molecular complexity index is 3780. The fraction of sp³-hybridized carbons (Fsp3) is 0. The highest BCUT2D eigenvalue weighted by Gasteiger charge is 2.22.